The highest BCUT2D eigenvalue weighted by Gasteiger charge is 2.11. The molecule has 0 unspecified atom stereocenters. The summed E-state index contributed by atoms with van der Waals surface area (Å²) in [7, 11) is 0. The zero-order chi connectivity index (χ0) is 15.6. The van der Waals surface area contributed by atoms with E-state index in [1.807, 2.05) is 19.1 Å². The Kier molecular flexibility index (Phi) is 4.17. The largest absolute Gasteiger partial charge is 0.478 e. The second kappa shape index (κ2) is 5.87. The van der Waals surface area contributed by atoms with Crippen molar-refractivity contribution in [3.8, 4) is 0 Å². The Labute approximate surface area is 124 Å². The third kappa shape index (κ3) is 3.16. The maximum absolute atomic E-state index is 11.0. The zero-order valence-corrected chi connectivity index (χ0v) is 12.5. The third-order valence-electron chi connectivity index (χ3n) is 3.48. The monoisotopic (exact) mass is 284 g/mol. The van der Waals surface area contributed by atoms with Crippen LogP contribution in [0.3, 0.4) is 0 Å². The number of aromatic carboxylic acids is 1. The van der Waals surface area contributed by atoms with E-state index in [-0.39, 0.29) is 11.3 Å². The first kappa shape index (κ1) is 14.9. The lowest BCUT2D eigenvalue weighted by atomic mass is 9.98. The Bertz CT molecular complexity index is 678. The number of carbonyl (C=O) groups is 1. The van der Waals surface area contributed by atoms with Crippen molar-refractivity contribution in [2.24, 2.45) is 0 Å². The van der Waals surface area contributed by atoms with Crippen molar-refractivity contribution in [2.75, 3.05) is 11.1 Å². The van der Waals surface area contributed by atoms with Gasteiger partial charge in [-0.05, 0) is 42.2 Å². The van der Waals surface area contributed by atoms with Gasteiger partial charge in [0.25, 0.3) is 0 Å². The fraction of sp³-hybridized carbons (Fsp3) is 0.235. The van der Waals surface area contributed by atoms with Crippen LogP contribution in [0.15, 0.2) is 36.4 Å². The van der Waals surface area contributed by atoms with Crippen LogP contribution in [-0.4, -0.2) is 11.1 Å². The van der Waals surface area contributed by atoms with Crippen molar-refractivity contribution in [2.45, 2.75) is 26.7 Å². The molecule has 2 aromatic rings. The Morgan fingerprint density at radius 3 is 2.52 bits per heavy atom. The predicted molar refractivity (Wildman–Crippen MR) is 86.4 cm³/mol. The molecule has 0 aromatic heterocycles. The van der Waals surface area contributed by atoms with Crippen LogP contribution in [0.5, 0.6) is 0 Å². The van der Waals surface area contributed by atoms with Crippen LogP contribution < -0.4 is 11.1 Å². The highest BCUT2D eigenvalue weighted by atomic mass is 16.4. The molecule has 0 saturated carbocycles. The molecule has 0 fully saturated rings. The number of hydrogen-bond acceptors (Lipinski definition) is 3. The normalized spacial score (nSPS) is 10.7. The topological polar surface area (TPSA) is 75.3 Å². The molecule has 0 aliphatic carbocycles. The lowest BCUT2D eigenvalue weighted by Gasteiger charge is -2.18. The molecule has 0 aliphatic rings. The van der Waals surface area contributed by atoms with Crippen LogP contribution in [0, 0.1) is 6.92 Å². The Balaban J connectivity index is 2.39. The van der Waals surface area contributed by atoms with Gasteiger partial charge in [0, 0.05) is 17.1 Å². The number of benzene rings is 2. The first-order valence-corrected chi connectivity index (χ1v) is 6.89. The minimum atomic E-state index is -1.02. The van der Waals surface area contributed by atoms with Gasteiger partial charge in [-0.3, -0.25) is 0 Å². The first-order chi connectivity index (χ1) is 9.90. The number of carboxylic acids is 1. The predicted octanol–water partition coefficient (Wildman–Crippen LogP) is 4.14. The summed E-state index contributed by atoms with van der Waals surface area (Å²) in [6.45, 7) is 6.33. The van der Waals surface area contributed by atoms with E-state index in [1.54, 1.807) is 12.1 Å². The molecule has 0 heterocycles. The van der Waals surface area contributed by atoms with E-state index in [2.05, 4.69) is 25.2 Å². The van der Waals surface area contributed by atoms with E-state index < -0.39 is 5.97 Å². The molecule has 0 saturated heterocycles. The molecule has 0 atom stereocenters. The van der Waals surface area contributed by atoms with Gasteiger partial charge in [-0.1, -0.05) is 32.0 Å². The number of carboxylic acid groups (broad SMARTS) is 1. The summed E-state index contributed by atoms with van der Waals surface area (Å²) < 4.78 is 0. The second-order valence-corrected chi connectivity index (χ2v) is 5.43. The van der Waals surface area contributed by atoms with Gasteiger partial charge >= 0.3 is 5.97 Å². The molecule has 0 amide bonds. The van der Waals surface area contributed by atoms with Crippen molar-refractivity contribution in [3.63, 3.8) is 0 Å². The van der Waals surface area contributed by atoms with E-state index in [0.29, 0.717) is 5.92 Å². The number of nitrogens with two attached hydrogens (primary N) is 1. The molecule has 4 N–H and O–H groups in total. The summed E-state index contributed by atoms with van der Waals surface area (Å²) in [5, 5.41) is 12.4. The summed E-state index contributed by atoms with van der Waals surface area (Å²) in [6, 6.07) is 11.1. The Morgan fingerprint density at radius 2 is 1.95 bits per heavy atom. The maximum Gasteiger partial charge on any atom is 0.337 e. The summed E-state index contributed by atoms with van der Waals surface area (Å²) in [4.78, 5) is 11.0. The average Bonchev–Trinajstić information content (AvgIpc) is 2.40. The van der Waals surface area contributed by atoms with Crippen LogP contribution in [0.1, 0.15) is 41.3 Å². The van der Waals surface area contributed by atoms with Crippen molar-refractivity contribution in [3.05, 3.63) is 53.1 Å². The number of nitrogens with one attached hydrogen (secondary N) is 1. The van der Waals surface area contributed by atoms with Gasteiger partial charge in [0.2, 0.25) is 0 Å². The molecule has 0 bridgehead atoms. The van der Waals surface area contributed by atoms with Crippen LogP contribution in [0.25, 0.3) is 0 Å². The maximum atomic E-state index is 11.0. The standard InChI is InChI=1S/C17H20N2O2/c1-10(2)13-6-4-5-11(3)16(13)19-12-7-8-14(17(20)21)15(18)9-12/h4-10,19H,18H2,1-3H3,(H,20,21). The van der Waals surface area contributed by atoms with E-state index in [4.69, 9.17) is 10.8 Å². The second-order valence-electron chi connectivity index (χ2n) is 5.43. The summed E-state index contributed by atoms with van der Waals surface area (Å²) in [5.74, 6) is -0.624. The van der Waals surface area contributed by atoms with E-state index in [9.17, 15) is 4.79 Å². The molecule has 0 radical (unpaired) electrons. The highest BCUT2D eigenvalue weighted by Crippen LogP contribution is 2.31. The van der Waals surface area contributed by atoms with Crippen LogP contribution in [-0.2, 0) is 0 Å². The fourth-order valence-electron chi connectivity index (χ4n) is 2.32. The van der Waals surface area contributed by atoms with Crippen molar-refractivity contribution >= 4 is 23.0 Å². The van der Waals surface area contributed by atoms with Crippen molar-refractivity contribution in [1.29, 1.82) is 0 Å². The molecule has 2 aromatic carbocycles. The summed E-state index contributed by atoms with van der Waals surface area (Å²) in [5.41, 5.74) is 10.4. The molecule has 110 valence electrons. The number of nitrogen functional groups attached to an aromatic ring is 1. The average molecular weight is 284 g/mol. The van der Waals surface area contributed by atoms with E-state index in [0.717, 1.165) is 16.9 Å². The van der Waals surface area contributed by atoms with Crippen LogP contribution in [0.4, 0.5) is 17.1 Å². The lowest BCUT2D eigenvalue weighted by molar-refractivity contribution is 0.0698. The molecular formula is C17H20N2O2. The number of rotatable bonds is 4. The van der Waals surface area contributed by atoms with Gasteiger partial charge in [-0.15, -0.1) is 0 Å². The number of anilines is 3. The third-order valence-corrected chi connectivity index (χ3v) is 3.48. The van der Waals surface area contributed by atoms with Gasteiger partial charge < -0.3 is 16.2 Å². The molecule has 2 rings (SSSR count). The number of aryl methyl sites for hydroxylation is 1. The first-order valence-electron chi connectivity index (χ1n) is 6.89. The molecule has 0 spiro atoms. The van der Waals surface area contributed by atoms with Gasteiger partial charge in [0.15, 0.2) is 0 Å². The lowest BCUT2D eigenvalue weighted by Crippen LogP contribution is -2.04. The molecule has 4 nitrogen and oxygen atoms in total. The van der Waals surface area contributed by atoms with Gasteiger partial charge in [0.1, 0.15) is 0 Å². The molecular weight excluding hydrogens is 264 g/mol. The quantitative estimate of drug-likeness (QED) is 0.737. The summed E-state index contributed by atoms with van der Waals surface area (Å²) in [6.07, 6.45) is 0. The minimum Gasteiger partial charge on any atom is -0.478 e. The zero-order valence-electron chi connectivity index (χ0n) is 12.5. The van der Waals surface area contributed by atoms with Gasteiger partial charge in [-0.25, -0.2) is 4.79 Å². The van der Waals surface area contributed by atoms with Gasteiger partial charge in [-0.2, -0.15) is 0 Å². The number of hydrogen-bond donors (Lipinski definition) is 3. The molecule has 0 aliphatic heterocycles. The van der Waals surface area contributed by atoms with Crippen LogP contribution >= 0.6 is 0 Å². The minimum absolute atomic E-state index is 0.120. The van der Waals surface area contributed by atoms with Gasteiger partial charge in [0.05, 0.1) is 5.56 Å². The summed E-state index contributed by atoms with van der Waals surface area (Å²) >= 11 is 0. The highest BCUT2D eigenvalue weighted by molar-refractivity contribution is 5.94. The molecule has 21 heavy (non-hydrogen) atoms. The molecule has 4 heteroatoms. The van der Waals surface area contributed by atoms with Crippen molar-refractivity contribution < 1.29 is 9.90 Å². The Morgan fingerprint density at radius 1 is 1.24 bits per heavy atom. The SMILES string of the molecule is Cc1cccc(C(C)C)c1Nc1ccc(C(=O)O)c(N)c1. The number of para-hydroxylation sites is 1. The fourth-order valence-corrected chi connectivity index (χ4v) is 2.32. The Hall–Kier alpha value is -2.49. The van der Waals surface area contributed by atoms with Crippen LogP contribution in [0.2, 0.25) is 0 Å². The van der Waals surface area contributed by atoms with Crippen molar-refractivity contribution in [1.82, 2.24) is 0 Å². The van der Waals surface area contributed by atoms with E-state index >= 15 is 0 Å². The van der Waals surface area contributed by atoms with E-state index in [1.165, 1.54) is 11.6 Å². The smallest absolute Gasteiger partial charge is 0.337 e.